The van der Waals surface area contributed by atoms with Gasteiger partial charge in [-0.2, -0.15) is 0 Å². The molecule has 0 saturated heterocycles. The van der Waals surface area contributed by atoms with Crippen molar-refractivity contribution in [3.05, 3.63) is 113 Å². The van der Waals surface area contributed by atoms with E-state index in [4.69, 9.17) is 4.74 Å². The number of rotatable bonds is 9. The fraction of sp³-hybridized carbons (Fsp3) is 0.450. The average Bonchev–Trinajstić information content (AvgIpc) is 3.32. The van der Waals surface area contributed by atoms with Crippen LogP contribution in [0.5, 0.6) is 0 Å². The zero-order valence-electron chi connectivity index (χ0n) is 28.1. The molecule has 1 saturated carbocycles. The maximum absolute atomic E-state index is 14.2. The van der Waals surface area contributed by atoms with Crippen molar-refractivity contribution in [1.82, 2.24) is 4.90 Å². The molecule has 0 spiro atoms. The number of ether oxygens (including phenoxy) is 1. The van der Waals surface area contributed by atoms with Gasteiger partial charge >= 0.3 is 6.03 Å². The summed E-state index contributed by atoms with van der Waals surface area (Å²) < 4.78 is 5.31. The molecular weight excluding hydrogens is 588 g/mol. The highest BCUT2D eigenvalue weighted by Crippen LogP contribution is 2.59. The molecule has 7 heteroatoms. The Balaban J connectivity index is 1.55. The second kappa shape index (κ2) is 15.4. The fourth-order valence-corrected chi connectivity index (χ4v) is 7.63. The number of nitrogens with one attached hydrogen (secondary N) is 1. The highest BCUT2D eigenvalue weighted by molar-refractivity contribution is 6.10. The third-order valence-corrected chi connectivity index (χ3v) is 10.5. The molecule has 1 fully saturated rings. The molecule has 2 bridgehead atoms. The molecule has 0 aliphatic heterocycles. The van der Waals surface area contributed by atoms with Crippen LogP contribution in [0.2, 0.25) is 0 Å². The third kappa shape index (κ3) is 8.03. The number of fused-ring (bicyclic) bond motifs is 8. The molecule has 4 atom stereocenters. The lowest BCUT2D eigenvalue weighted by atomic mass is 9.64. The summed E-state index contributed by atoms with van der Waals surface area (Å²) in [6.07, 6.45) is 6.87. The number of amides is 2. The minimum atomic E-state index is -1.21. The zero-order chi connectivity index (χ0) is 33.4. The predicted molar refractivity (Wildman–Crippen MR) is 187 cm³/mol. The molecule has 3 aliphatic rings. The normalized spacial score (nSPS) is 24.6. The van der Waals surface area contributed by atoms with Gasteiger partial charge in [0.2, 0.25) is 0 Å². The maximum atomic E-state index is 14.2. The summed E-state index contributed by atoms with van der Waals surface area (Å²) in [5.41, 5.74) is 3.16. The van der Waals surface area contributed by atoms with Crippen LogP contribution in [0.3, 0.4) is 0 Å². The van der Waals surface area contributed by atoms with Crippen LogP contribution in [0.15, 0.2) is 90.5 Å². The number of urea groups is 1. The number of hydrogen-bond donors (Lipinski definition) is 3. The van der Waals surface area contributed by atoms with E-state index in [1.54, 1.807) is 12.0 Å². The number of anilines is 1. The summed E-state index contributed by atoms with van der Waals surface area (Å²) in [4.78, 5) is 29.6. The Bertz CT molecular complexity index is 1540. The largest absolute Gasteiger partial charge is 0.393 e. The number of aliphatic hydroxyl groups excluding tert-OH is 1. The first-order valence-electron chi connectivity index (χ1n) is 17.0. The van der Waals surface area contributed by atoms with Crippen LogP contribution < -0.4 is 5.32 Å². The van der Waals surface area contributed by atoms with Gasteiger partial charge in [-0.15, -0.1) is 0 Å². The van der Waals surface area contributed by atoms with Gasteiger partial charge in [-0.3, -0.25) is 4.79 Å². The summed E-state index contributed by atoms with van der Waals surface area (Å²) >= 11 is 0. The smallest absolute Gasteiger partial charge is 0.321 e. The lowest BCUT2D eigenvalue weighted by Crippen LogP contribution is -2.54. The summed E-state index contributed by atoms with van der Waals surface area (Å²) in [6.45, 7) is 5.36. The number of benzene rings is 3. The van der Waals surface area contributed by atoms with E-state index in [1.807, 2.05) is 72.8 Å². The number of nitrogens with zero attached hydrogens (tertiary/aromatic N) is 1. The van der Waals surface area contributed by atoms with E-state index in [0.717, 1.165) is 24.0 Å². The van der Waals surface area contributed by atoms with E-state index in [-0.39, 0.29) is 24.3 Å². The van der Waals surface area contributed by atoms with Crippen LogP contribution in [0.4, 0.5) is 10.5 Å². The van der Waals surface area contributed by atoms with E-state index >= 15 is 0 Å². The van der Waals surface area contributed by atoms with Crippen molar-refractivity contribution >= 4 is 17.5 Å². The number of carbonyl (C=O) groups excluding carboxylic acids is 2. The van der Waals surface area contributed by atoms with Crippen LogP contribution in [0, 0.1) is 5.41 Å². The van der Waals surface area contributed by atoms with Crippen molar-refractivity contribution in [1.29, 1.82) is 0 Å². The van der Waals surface area contributed by atoms with E-state index in [9.17, 15) is 19.8 Å². The second-order valence-corrected chi connectivity index (χ2v) is 13.7. The van der Waals surface area contributed by atoms with E-state index in [2.05, 4.69) is 31.3 Å². The van der Waals surface area contributed by atoms with Crippen LogP contribution >= 0.6 is 0 Å². The molecule has 3 aromatic carbocycles. The first kappa shape index (κ1) is 34.6. The van der Waals surface area contributed by atoms with Crippen molar-refractivity contribution in [2.75, 3.05) is 32.1 Å². The Labute approximate surface area is 279 Å². The quantitative estimate of drug-likeness (QED) is 0.128. The topological polar surface area (TPSA) is 99.1 Å². The summed E-state index contributed by atoms with van der Waals surface area (Å²) in [7, 11) is 1.65. The van der Waals surface area contributed by atoms with Gasteiger partial charge in [-0.25, -0.2) is 4.79 Å². The van der Waals surface area contributed by atoms with Gasteiger partial charge < -0.3 is 25.2 Å². The fourth-order valence-electron chi connectivity index (χ4n) is 7.63. The second-order valence-electron chi connectivity index (χ2n) is 13.7. The van der Waals surface area contributed by atoms with Gasteiger partial charge in [-0.1, -0.05) is 79.2 Å². The van der Waals surface area contributed by atoms with E-state index < -0.39 is 17.1 Å². The summed E-state index contributed by atoms with van der Waals surface area (Å²) in [5, 5.41) is 26.7. The number of aliphatic hydroxyl groups is 2. The third-order valence-electron chi connectivity index (χ3n) is 10.5. The van der Waals surface area contributed by atoms with Gasteiger partial charge in [-0.05, 0) is 93.5 Å². The molecule has 0 aromatic heterocycles. The molecule has 3 aliphatic carbocycles. The van der Waals surface area contributed by atoms with Crippen LogP contribution in [0.25, 0.3) is 0 Å². The molecule has 6 rings (SSSR count). The molecule has 2 amide bonds. The molecule has 0 radical (unpaired) electrons. The van der Waals surface area contributed by atoms with E-state index in [1.165, 1.54) is 5.57 Å². The Morgan fingerprint density at radius 2 is 1.72 bits per heavy atom. The Hall–Kier alpha value is -3.78. The number of allylic oxidation sites excluding steroid dienone is 2. The molecule has 0 unspecified atom stereocenters. The maximum Gasteiger partial charge on any atom is 0.321 e. The standard InChI is InChI=1S/C40H50N2O5/c1-29-12-10-22-39(2)36(21-23-40(39,46)28-42(24-11-25-47-3)38(45)41-32-15-8-5-9-16-32)34-20-18-30(26-33(43)19-17-29)27-35(34)37(44)31-13-6-4-7-14-31/h4-9,12-16,18,20,27,33,36,43,46H,10-11,17,19,21-26,28H2,1-3H3,(H,41,45)/t33-,36-,39-,40+/m0/s1. The van der Waals surface area contributed by atoms with Crippen molar-refractivity contribution in [2.45, 2.75) is 82.8 Å². The van der Waals surface area contributed by atoms with Gasteiger partial charge in [0.15, 0.2) is 5.78 Å². The van der Waals surface area contributed by atoms with Crippen molar-refractivity contribution < 1.29 is 24.5 Å². The van der Waals surface area contributed by atoms with Crippen molar-refractivity contribution in [3.63, 3.8) is 0 Å². The van der Waals surface area contributed by atoms with Crippen LogP contribution in [-0.2, 0) is 11.2 Å². The molecule has 3 N–H and O–H groups in total. The van der Waals surface area contributed by atoms with Crippen LogP contribution in [-0.4, -0.2) is 65.4 Å². The van der Waals surface area contributed by atoms with Crippen molar-refractivity contribution in [2.24, 2.45) is 5.41 Å². The monoisotopic (exact) mass is 638 g/mol. The minimum absolute atomic E-state index is 0.0546. The molecule has 3 aromatic rings. The molecular formula is C40H50N2O5. The average molecular weight is 639 g/mol. The predicted octanol–water partition coefficient (Wildman–Crippen LogP) is 7.53. The number of carbonyl (C=O) groups is 2. The summed E-state index contributed by atoms with van der Waals surface area (Å²) in [5.74, 6) is -0.176. The van der Waals surface area contributed by atoms with Gasteiger partial charge in [0.05, 0.1) is 18.2 Å². The lowest BCUT2D eigenvalue weighted by molar-refractivity contribution is -0.0767. The van der Waals surface area contributed by atoms with Gasteiger partial charge in [0, 0.05) is 42.5 Å². The van der Waals surface area contributed by atoms with Crippen molar-refractivity contribution in [3.8, 4) is 0 Å². The highest BCUT2D eigenvalue weighted by Gasteiger charge is 2.57. The van der Waals surface area contributed by atoms with Crippen LogP contribution in [0.1, 0.15) is 91.8 Å². The Morgan fingerprint density at radius 3 is 2.45 bits per heavy atom. The van der Waals surface area contributed by atoms with Gasteiger partial charge in [0.1, 0.15) is 0 Å². The first-order chi connectivity index (χ1) is 22.6. The van der Waals surface area contributed by atoms with Gasteiger partial charge in [0.25, 0.3) is 0 Å². The molecule has 47 heavy (non-hydrogen) atoms. The Morgan fingerprint density at radius 1 is 1.00 bits per heavy atom. The summed E-state index contributed by atoms with van der Waals surface area (Å²) in [6, 6.07) is 24.5. The number of ketones is 1. The zero-order valence-corrected chi connectivity index (χ0v) is 28.1. The molecule has 0 heterocycles. The number of para-hydroxylation sites is 1. The minimum Gasteiger partial charge on any atom is -0.393 e. The molecule has 250 valence electrons. The highest BCUT2D eigenvalue weighted by atomic mass is 16.5. The van der Waals surface area contributed by atoms with E-state index in [0.29, 0.717) is 68.5 Å². The molecule has 7 nitrogen and oxygen atoms in total. The number of methoxy groups -OCH3 is 1. The SMILES string of the molecule is COCCCN(C[C@]1(O)CC[C@H]2c3ccc(cc3C(=O)c3ccccc3)C[C@@H](O)CCC(C)=CCC[C@@]21C)C(=O)Nc1ccccc1. The number of hydrogen-bond acceptors (Lipinski definition) is 5. The Kier molecular flexibility index (Phi) is 11.3. The first-order valence-corrected chi connectivity index (χ1v) is 17.0. The lowest BCUT2D eigenvalue weighted by Gasteiger charge is -2.46.